The van der Waals surface area contributed by atoms with Crippen LogP contribution < -0.4 is 25.6 Å². The normalized spacial score (nSPS) is 11.6. The van der Waals surface area contributed by atoms with Gasteiger partial charge >= 0.3 is 0 Å². The third-order valence-electron chi connectivity index (χ3n) is 15.8. The zero-order valence-electron chi connectivity index (χ0n) is 42.4. The van der Waals surface area contributed by atoms with E-state index in [4.69, 9.17) is 0 Å². The van der Waals surface area contributed by atoms with E-state index in [-0.39, 0.29) is 0 Å². The van der Waals surface area contributed by atoms with Crippen molar-refractivity contribution in [2.24, 2.45) is 0 Å². The van der Waals surface area contributed by atoms with Gasteiger partial charge in [0.15, 0.2) is 8.07 Å². The van der Waals surface area contributed by atoms with Gasteiger partial charge in [-0.05, 0) is 125 Å². The average molecular weight is 997 g/mol. The van der Waals surface area contributed by atoms with Crippen molar-refractivity contribution in [3.05, 3.63) is 315 Å². The minimum Gasteiger partial charge on any atom is -0.311 e. The molecule has 0 saturated carbocycles. The molecular weight excluding hydrogens is 945 g/mol. The molecule has 13 aromatic carbocycles. The second kappa shape index (κ2) is 19.5. The molecule has 0 amide bonds. The zero-order chi connectivity index (χ0) is 51.1. The largest absolute Gasteiger partial charge is 0.311 e. The highest BCUT2D eigenvalue weighted by Crippen LogP contribution is 2.42. The van der Waals surface area contributed by atoms with Gasteiger partial charge in [-0.3, -0.25) is 0 Å². The lowest BCUT2D eigenvalue weighted by Gasteiger charge is -2.35. The predicted octanol–water partition coefficient (Wildman–Crippen LogP) is 16.9. The van der Waals surface area contributed by atoms with Crippen LogP contribution in [-0.4, -0.2) is 12.6 Å². The van der Waals surface area contributed by atoms with Gasteiger partial charge in [0.05, 0.1) is 16.7 Å². The number of para-hydroxylation sites is 1. The van der Waals surface area contributed by atoms with Crippen LogP contribution in [0, 0.1) is 0 Å². The summed E-state index contributed by atoms with van der Waals surface area (Å²) in [5.74, 6) is 0. The van der Waals surface area contributed by atoms with Crippen LogP contribution in [0.15, 0.2) is 315 Å². The van der Waals surface area contributed by atoms with Gasteiger partial charge in [-0.25, -0.2) is 0 Å². The number of aromatic nitrogens is 1. The fraction of sp³-hybridized carbons (Fsp3) is 0. The first-order chi connectivity index (χ1) is 38.2. The molecule has 14 aromatic rings. The highest BCUT2D eigenvalue weighted by Gasteiger charge is 2.41. The first-order valence-corrected chi connectivity index (χ1v) is 28.6. The third kappa shape index (κ3) is 7.95. The maximum Gasteiger partial charge on any atom is 0.179 e. The SMILES string of the molecule is c1ccc([Si](c2ccccc2)(c2ccccc2)c2ccc(N(c3ccc(-c4ccc(-c5cccc6c5c5ccccc5n6-c5cccc6ccccc56)cc4)cc3)c3ccc(-c4cccc5ccccc45)cc3)cc2)cc1. The van der Waals surface area contributed by atoms with E-state index in [2.05, 4.69) is 325 Å². The summed E-state index contributed by atoms with van der Waals surface area (Å²) in [4.78, 5) is 2.40. The van der Waals surface area contributed by atoms with Crippen molar-refractivity contribution in [3.8, 4) is 39.1 Å². The van der Waals surface area contributed by atoms with Gasteiger partial charge in [0.1, 0.15) is 0 Å². The minimum atomic E-state index is -2.72. The van der Waals surface area contributed by atoms with Crippen LogP contribution in [-0.2, 0) is 0 Å². The lowest BCUT2D eigenvalue weighted by molar-refractivity contribution is 1.20. The van der Waals surface area contributed by atoms with Crippen molar-refractivity contribution in [3.63, 3.8) is 0 Å². The van der Waals surface area contributed by atoms with E-state index in [1.807, 2.05) is 0 Å². The number of rotatable bonds is 11. The van der Waals surface area contributed by atoms with E-state index in [1.54, 1.807) is 0 Å². The van der Waals surface area contributed by atoms with Gasteiger partial charge in [-0.2, -0.15) is 0 Å². The van der Waals surface area contributed by atoms with E-state index < -0.39 is 8.07 Å². The topological polar surface area (TPSA) is 8.17 Å². The molecule has 0 fully saturated rings. The molecule has 0 bridgehead atoms. The number of nitrogens with zero attached hydrogens (tertiary/aromatic N) is 2. The van der Waals surface area contributed by atoms with Gasteiger partial charge in [-0.15, -0.1) is 0 Å². The number of anilines is 3. The molecule has 362 valence electrons. The van der Waals surface area contributed by atoms with Crippen molar-refractivity contribution in [2.75, 3.05) is 4.90 Å². The fourth-order valence-corrected chi connectivity index (χ4v) is 17.0. The summed E-state index contributed by atoms with van der Waals surface area (Å²) in [5.41, 5.74) is 14.0. The molecule has 0 spiro atoms. The van der Waals surface area contributed by atoms with Crippen LogP contribution in [0.1, 0.15) is 0 Å². The van der Waals surface area contributed by atoms with Gasteiger partial charge in [0, 0.05) is 33.2 Å². The Labute approximate surface area is 450 Å². The summed E-state index contributed by atoms with van der Waals surface area (Å²) in [7, 11) is -2.72. The molecule has 0 aliphatic rings. The Morgan fingerprint density at radius 1 is 0.247 bits per heavy atom. The van der Waals surface area contributed by atoms with Crippen LogP contribution in [0.25, 0.3) is 82.4 Å². The van der Waals surface area contributed by atoms with Crippen LogP contribution in [0.2, 0.25) is 0 Å². The standard InChI is InChI=1S/C74H52N2Si/c1-4-23-62(24-5-1)77(63-25-6-2-7-26-63,64-27-8-3-9-28-64)65-51-49-61(50-52-65)75(60-47-43-57(44-48-60)67-32-16-21-55-19-10-12-29-66(55)67)59-45-41-54(42-46-59)53-37-39-58(40-38-53)69-33-18-36-73-74(69)70-31-14-15-34-72(70)76(73)71-35-17-22-56-20-11-13-30-68(56)71/h1-52H. The Bertz CT molecular complexity index is 4290. The summed E-state index contributed by atoms with van der Waals surface area (Å²) < 4.78 is 2.44. The molecule has 2 nitrogen and oxygen atoms in total. The molecule has 0 saturated heterocycles. The smallest absolute Gasteiger partial charge is 0.179 e. The average Bonchev–Trinajstić information content (AvgIpc) is 3.98. The highest BCUT2D eigenvalue weighted by atomic mass is 28.3. The summed E-state index contributed by atoms with van der Waals surface area (Å²) in [5, 5.41) is 12.9. The molecule has 0 unspecified atom stereocenters. The van der Waals surface area contributed by atoms with E-state index >= 15 is 0 Å². The van der Waals surface area contributed by atoms with E-state index in [0.717, 1.165) is 22.6 Å². The number of fused-ring (bicyclic) bond motifs is 5. The zero-order valence-corrected chi connectivity index (χ0v) is 43.4. The molecule has 3 heteroatoms. The second-order valence-corrected chi connectivity index (χ2v) is 23.8. The Hall–Kier alpha value is -9.80. The van der Waals surface area contributed by atoms with Crippen molar-refractivity contribution >= 4 is 89.2 Å². The van der Waals surface area contributed by atoms with E-state index in [0.29, 0.717) is 0 Å². The van der Waals surface area contributed by atoms with Crippen LogP contribution in [0.5, 0.6) is 0 Å². The van der Waals surface area contributed by atoms with Gasteiger partial charge < -0.3 is 9.47 Å². The Balaban J connectivity index is 0.846. The molecule has 77 heavy (non-hydrogen) atoms. The molecular formula is C74H52N2Si. The first kappa shape index (κ1) is 45.8. The molecule has 1 heterocycles. The Kier molecular flexibility index (Phi) is 11.6. The van der Waals surface area contributed by atoms with Crippen LogP contribution >= 0.6 is 0 Å². The molecule has 0 N–H and O–H groups in total. The second-order valence-electron chi connectivity index (χ2n) is 20.0. The predicted molar refractivity (Wildman–Crippen MR) is 330 cm³/mol. The van der Waals surface area contributed by atoms with Crippen LogP contribution in [0.4, 0.5) is 17.1 Å². The molecule has 0 radical (unpaired) electrons. The fourth-order valence-electron chi connectivity index (χ4n) is 12.2. The lowest BCUT2D eigenvalue weighted by Crippen LogP contribution is -2.74. The van der Waals surface area contributed by atoms with Gasteiger partial charge in [0.25, 0.3) is 0 Å². The lowest BCUT2D eigenvalue weighted by atomic mass is 9.96. The van der Waals surface area contributed by atoms with Gasteiger partial charge in [-0.1, -0.05) is 261 Å². The molecule has 1 aromatic heterocycles. The highest BCUT2D eigenvalue weighted by molar-refractivity contribution is 7.19. The summed E-state index contributed by atoms with van der Waals surface area (Å²) in [6.07, 6.45) is 0. The summed E-state index contributed by atoms with van der Waals surface area (Å²) in [6.45, 7) is 0. The molecule has 0 aliphatic heterocycles. The molecule has 0 atom stereocenters. The van der Waals surface area contributed by atoms with Crippen molar-refractivity contribution in [1.82, 2.24) is 4.57 Å². The number of hydrogen-bond acceptors (Lipinski definition) is 1. The van der Waals surface area contributed by atoms with E-state index in [9.17, 15) is 0 Å². The van der Waals surface area contributed by atoms with E-state index in [1.165, 1.54) is 97.6 Å². The van der Waals surface area contributed by atoms with Crippen molar-refractivity contribution < 1.29 is 0 Å². The molecule has 0 aliphatic carbocycles. The first-order valence-electron chi connectivity index (χ1n) is 26.6. The maximum atomic E-state index is 2.44. The summed E-state index contributed by atoms with van der Waals surface area (Å²) in [6, 6.07) is 116. The summed E-state index contributed by atoms with van der Waals surface area (Å²) >= 11 is 0. The quantitative estimate of drug-likeness (QED) is 0.0926. The number of benzene rings is 13. The molecule has 14 rings (SSSR count). The Morgan fingerprint density at radius 3 is 1.22 bits per heavy atom. The third-order valence-corrected chi connectivity index (χ3v) is 20.6. The maximum absolute atomic E-state index is 2.72. The van der Waals surface area contributed by atoms with Crippen molar-refractivity contribution in [1.29, 1.82) is 0 Å². The number of hydrogen-bond donors (Lipinski definition) is 0. The monoisotopic (exact) mass is 996 g/mol. The van der Waals surface area contributed by atoms with Gasteiger partial charge in [0.2, 0.25) is 0 Å². The Morgan fingerprint density at radius 2 is 0.623 bits per heavy atom. The minimum absolute atomic E-state index is 1.09. The van der Waals surface area contributed by atoms with Crippen molar-refractivity contribution in [2.45, 2.75) is 0 Å². The van der Waals surface area contributed by atoms with Crippen LogP contribution in [0.3, 0.4) is 0 Å².